The first-order valence-electron chi connectivity index (χ1n) is 23.1. The van der Waals surface area contributed by atoms with Crippen LogP contribution in [0, 0.1) is 27.3 Å². The largest absolute Gasteiger partial charge is 0.455 e. The SMILES string of the molecule is CC1(C)CCC(CN2CCN(c3ccc(C(=O)NS(=O)(=O)c4ccc(NC[C@H]5CC[C@@](C)(O)CC5)c([N+](=O)[O-])c4)c(Oc4cnc5[nH]ccc5c4)c3)CC2)=C(c2cc(-c3ccc(F)cc3)cs2)C1. The van der Waals surface area contributed by atoms with Crippen LogP contribution in [0.4, 0.5) is 21.5 Å². The molecule has 0 unspecified atom stereocenters. The third-order valence-electron chi connectivity index (χ3n) is 13.7. The van der Waals surface area contributed by atoms with Crippen molar-refractivity contribution in [3.63, 3.8) is 0 Å². The third kappa shape index (κ3) is 10.8. The number of benzene rings is 3. The Morgan fingerprint density at radius 1 is 0.985 bits per heavy atom. The summed E-state index contributed by atoms with van der Waals surface area (Å²) in [4.78, 5) is 38.5. The smallest absolute Gasteiger partial charge is 0.293 e. The molecule has 3 aromatic heterocycles. The summed E-state index contributed by atoms with van der Waals surface area (Å²) in [6.07, 6.45) is 9.15. The van der Waals surface area contributed by atoms with E-state index in [2.05, 4.69) is 55.1 Å². The number of sulfonamides is 1. The lowest BCUT2D eigenvalue weighted by molar-refractivity contribution is -0.384. The number of hydrogen-bond donors (Lipinski definition) is 4. The first-order valence-corrected chi connectivity index (χ1v) is 25.4. The third-order valence-corrected chi connectivity index (χ3v) is 16.0. The number of pyridine rings is 1. The molecule has 17 heteroatoms. The van der Waals surface area contributed by atoms with Crippen molar-refractivity contribution < 1.29 is 32.4 Å². The highest BCUT2D eigenvalue weighted by Crippen LogP contribution is 2.46. The lowest BCUT2D eigenvalue weighted by Gasteiger charge is -2.39. The lowest BCUT2D eigenvalue weighted by Crippen LogP contribution is -2.47. The van der Waals surface area contributed by atoms with E-state index in [1.54, 1.807) is 42.7 Å². The molecule has 3 aliphatic rings. The number of nitrogens with one attached hydrogen (secondary N) is 3. The van der Waals surface area contributed by atoms with Crippen molar-refractivity contribution in [3.8, 4) is 22.6 Å². The fraction of sp³-hybridized carbons (Fsp3) is 0.373. The van der Waals surface area contributed by atoms with Gasteiger partial charge < -0.3 is 25.0 Å². The van der Waals surface area contributed by atoms with Crippen molar-refractivity contribution in [1.29, 1.82) is 0 Å². The van der Waals surface area contributed by atoms with Crippen LogP contribution in [-0.4, -0.2) is 84.1 Å². The van der Waals surface area contributed by atoms with Gasteiger partial charge in [0.05, 0.1) is 27.2 Å². The topological polar surface area (TPSA) is 183 Å². The summed E-state index contributed by atoms with van der Waals surface area (Å²) in [5, 5.41) is 28.5. The van der Waals surface area contributed by atoms with E-state index >= 15 is 0 Å². The van der Waals surface area contributed by atoms with Gasteiger partial charge >= 0.3 is 0 Å². The van der Waals surface area contributed by atoms with Gasteiger partial charge in [0.1, 0.15) is 28.7 Å². The summed E-state index contributed by atoms with van der Waals surface area (Å²) in [5.74, 6) is -0.579. The molecular weight excluding hydrogens is 906 g/mol. The van der Waals surface area contributed by atoms with E-state index in [9.17, 15) is 32.8 Å². The molecule has 4 N–H and O–H groups in total. The number of anilines is 2. The molecule has 0 atom stereocenters. The number of thiophene rings is 1. The molecule has 14 nitrogen and oxygen atoms in total. The molecule has 1 saturated carbocycles. The fourth-order valence-electron chi connectivity index (χ4n) is 9.55. The Labute approximate surface area is 399 Å². The van der Waals surface area contributed by atoms with Gasteiger partial charge in [-0.15, -0.1) is 11.3 Å². The zero-order valence-electron chi connectivity index (χ0n) is 38.4. The predicted octanol–water partition coefficient (Wildman–Crippen LogP) is 10.4. The number of aromatic amines is 1. The number of nitrogens with zero attached hydrogens (tertiary/aromatic N) is 4. The molecule has 0 radical (unpaired) electrons. The number of hydrogen-bond acceptors (Lipinski definition) is 12. The Morgan fingerprint density at radius 3 is 2.50 bits per heavy atom. The van der Waals surface area contributed by atoms with Crippen molar-refractivity contribution in [1.82, 2.24) is 19.6 Å². The van der Waals surface area contributed by atoms with Crippen LogP contribution in [0.15, 0.2) is 107 Å². The highest BCUT2D eigenvalue weighted by Gasteiger charge is 2.32. The van der Waals surface area contributed by atoms with Gasteiger partial charge in [0.15, 0.2) is 0 Å². The van der Waals surface area contributed by atoms with E-state index in [1.165, 1.54) is 52.6 Å². The standard InChI is InChI=1S/C51H56FN7O7S2/c1-50(2)16-14-36(43(28-50)47-25-37(32-67-47)34-4-6-38(52)7-5-34)31-57-20-22-58(23-21-57)39-8-10-42(46(26-39)66-40-24-35-15-19-53-48(35)55-30-40)49(60)56-68(64,65)41-9-11-44(45(27-41)59(62)63)54-29-33-12-17-51(3,61)18-13-33/h4-11,15,19,24-27,30,32-33,54,61H,12-14,16-18,20-23,28-29,31H2,1-3H3,(H,53,55)(H,56,60)/t33-,51+. The van der Waals surface area contributed by atoms with E-state index in [4.69, 9.17) is 4.74 Å². The molecule has 0 bridgehead atoms. The van der Waals surface area contributed by atoms with Crippen LogP contribution in [0.2, 0.25) is 0 Å². The summed E-state index contributed by atoms with van der Waals surface area (Å²) in [6, 6.07) is 21.1. The summed E-state index contributed by atoms with van der Waals surface area (Å²) < 4.78 is 49.7. The van der Waals surface area contributed by atoms with E-state index in [0.717, 1.165) is 80.0 Å². The van der Waals surface area contributed by atoms with Gasteiger partial charge in [-0.1, -0.05) is 31.6 Å². The number of carbonyl (C=O) groups is 1. The summed E-state index contributed by atoms with van der Waals surface area (Å²) >= 11 is 1.74. The summed E-state index contributed by atoms with van der Waals surface area (Å²) in [6.45, 7) is 10.7. The first-order chi connectivity index (χ1) is 32.5. The number of rotatable bonds is 14. The van der Waals surface area contributed by atoms with Gasteiger partial charge in [0, 0.05) is 73.5 Å². The van der Waals surface area contributed by atoms with Crippen LogP contribution in [0.5, 0.6) is 11.5 Å². The van der Waals surface area contributed by atoms with Gasteiger partial charge in [-0.3, -0.25) is 19.8 Å². The van der Waals surface area contributed by atoms with E-state index in [0.29, 0.717) is 43.9 Å². The fourth-order valence-corrected chi connectivity index (χ4v) is 11.5. The highest BCUT2D eigenvalue weighted by atomic mass is 32.2. The van der Waals surface area contributed by atoms with Gasteiger partial charge in [-0.25, -0.2) is 22.5 Å². The van der Waals surface area contributed by atoms with Gasteiger partial charge in [-0.2, -0.15) is 0 Å². The minimum atomic E-state index is -4.59. The van der Waals surface area contributed by atoms with E-state index < -0.39 is 37.0 Å². The molecule has 1 aliphatic heterocycles. The molecule has 9 rings (SSSR count). The zero-order chi connectivity index (χ0) is 47.8. The Bertz CT molecular complexity index is 2980. The van der Waals surface area contributed by atoms with Crippen molar-refractivity contribution in [2.45, 2.75) is 76.2 Å². The molecule has 2 fully saturated rings. The number of nitro groups is 1. The zero-order valence-corrected chi connectivity index (χ0v) is 40.0. The highest BCUT2D eigenvalue weighted by molar-refractivity contribution is 7.90. The molecule has 6 aromatic rings. The minimum Gasteiger partial charge on any atom is -0.455 e. The van der Waals surface area contributed by atoms with Crippen LogP contribution in [0.1, 0.15) is 81.0 Å². The molecule has 0 spiro atoms. The average molecular weight is 962 g/mol. The van der Waals surface area contributed by atoms with Crippen LogP contribution in [-0.2, 0) is 10.0 Å². The number of carbonyl (C=O) groups excluding carboxylic acids is 1. The number of fused-ring (bicyclic) bond motifs is 1. The van der Waals surface area contributed by atoms with Crippen LogP contribution >= 0.6 is 11.3 Å². The maximum atomic E-state index is 14.0. The second kappa shape index (κ2) is 19.1. The molecule has 68 heavy (non-hydrogen) atoms. The van der Waals surface area contributed by atoms with E-state index in [-0.39, 0.29) is 34.2 Å². The quantitative estimate of drug-likeness (QED) is 0.0602. The minimum absolute atomic E-state index is 0.0553. The average Bonchev–Trinajstić information content (AvgIpc) is 4.00. The Morgan fingerprint density at radius 2 is 1.75 bits per heavy atom. The van der Waals surface area contributed by atoms with Crippen molar-refractivity contribution >= 4 is 60.9 Å². The van der Waals surface area contributed by atoms with Crippen molar-refractivity contribution in [3.05, 3.63) is 129 Å². The van der Waals surface area contributed by atoms with Gasteiger partial charge in [-0.05, 0) is 140 Å². The Balaban J connectivity index is 0.914. The predicted molar refractivity (Wildman–Crippen MR) is 264 cm³/mol. The first kappa shape index (κ1) is 46.9. The number of piperazine rings is 1. The van der Waals surface area contributed by atoms with E-state index in [1.807, 2.05) is 18.2 Å². The van der Waals surface area contributed by atoms with Crippen molar-refractivity contribution in [2.24, 2.45) is 11.3 Å². The maximum absolute atomic E-state index is 14.0. The molecule has 2 aliphatic carbocycles. The monoisotopic (exact) mass is 961 g/mol. The molecule has 1 saturated heterocycles. The number of aliphatic hydroxyl groups is 1. The molecule has 3 aromatic carbocycles. The van der Waals surface area contributed by atoms with Crippen molar-refractivity contribution in [2.75, 3.05) is 49.5 Å². The molecule has 4 heterocycles. The number of aromatic nitrogens is 2. The normalized spacial score (nSPS) is 20.1. The lowest BCUT2D eigenvalue weighted by atomic mass is 9.73. The molecular formula is C51H56FN7O7S2. The van der Waals surface area contributed by atoms with Gasteiger partial charge in [0.2, 0.25) is 0 Å². The van der Waals surface area contributed by atoms with Gasteiger partial charge in [0.25, 0.3) is 21.6 Å². The number of nitro benzene ring substituents is 1. The molecule has 356 valence electrons. The summed E-state index contributed by atoms with van der Waals surface area (Å²) in [5.41, 5.74) is 5.52. The second-order valence-electron chi connectivity index (χ2n) is 19.5. The second-order valence-corrected chi connectivity index (χ2v) is 22.0. The number of H-pyrrole nitrogens is 1. The maximum Gasteiger partial charge on any atom is 0.293 e. The summed E-state index contributed by atoms with van der Waals surface area (Å²) in [7, 11) is -4.59. The number of amides is 1. The number of halogens is 1. The Hall–Kier alpha value is -6.14. The molecule has 1 amide bonds. The number of allylic oxidation sites excluding steroid dienone is 1. The van der Waals surface area contributed by atoms with Crippen LogP contribution < -0.4 is 19.7 Å². The Kier molecular flexibility index (Phi) is 13.2. The van der Waals surface area contributed by atoms with Crippen LogP contribution in [0.3, 0.4) is 0 Å². The number of ether oxygens (including phenoxy) is 1. The van der Waals surface area contributed by atoms with Crippen LogP contribution in [0.25, 0.3) is 27.7 Å².